The molecule has 0 bridgehead atoms. The Morgan fingerprint density at radius 1 is 1.38 bits per heavy atom. The number of unbranched alkanes of at least 4 members (excludes halogenated alkanes) is 1. The molecule has 1 aliphatic heterocycles. The highest BCUT2D eigenvalue weighted by Crippen LogP contribution is 2.23. The molecule has 1 rings (SSSR count). The van der Waals surface area contributed by atoms with Gasteiger partial charge in [0.2, 0.25) is 0 Å². The smallest absolute Gasteiger partial charge is 0.323 e. The zero-order chi connectivity index (χ0) is 16.0. The maximum absolute atomic E-state index is 11.5. The number of carboxylic acids is 1. The number of nitrogens with zero attached hydrogens (tertiary/aromatic N) is 1. The van der Waals surface area contributed by atoms with Crippen molar-refractivity contribution in [1.82, 2.24) is 10.2 Å². The molecular weight excluding hydrogens is 264 g/mol. The zero-order valence-corrected chi connectivity index (χ0v) is 14.5. The average Bonchev–Trinajstić information content (AvgIpc) is 2.38. The molecule has 21 heavy (non-hydrogen) atoms. The summed E-state index contributed by atoms with van der Waals surface area (Å²) >= 11 is 0. The molecule has 0 saturated carbocycles. The largest absolute Gasteiger partial charge is 0.480 e. The van der Waals surface area contributed by atoms with Crippen LogP contribution in [0.2, 0.25) is 0 Å². The number of likely N-dealkylation sites (tertiary alicyclic amines) is 1. The van der Waals surface area contributed by atoms with Crippen molar-refractivity contribution >= 4 is 5.97 Å². The molecule has 0 aliphatic carbocycles. The van der Waals surface area contributed by atoms with Gasteiger partial charge in [-0.1, -0.05) is 6.92 Å². The third-order valence-electron chi connectivity index (χ3n) is 4.96. The van der Waals surface area contributed by atoms with Crippen LogP contribution in [0.25, 0.3) is 0 Å². The Hall–Kier alpha value is -0.610. The van der Waals surface area contributed by atoms with Gasteiger partial charge in [0, 0.05) is 12.1 Å². The third-order valence-corrected chi connectivity index (χ3v) is 4.96. The predicted molar refractivity (Wildman–Crippen MR) is 87.6 cm³/mol. The normalized spacial score (nSPS) is 26.8. The number of carbonyl (C=O) groups is 1. The highest BCUT2D eigenvalue weighted by atomic mass is 16.4. The van der Waals surface area contributed by atoms with Crippen LogP contribution < -0.4 is 5.32 Å². The molecule has 0 amide bonds. The molecule has 0 aromatic rings. The van der Waals surface area contributed by atoms with Crippen LogP contribution in [0.3, 0.4) is 0 Å². The molecule has 0 radical (unpaired) electrons. The van der Waals surface area contributed by atoms with E-state index in [1.807, 2.05) is 13.8 Å². The van der Waals surface area contributed by atoms with Gasteiger partial charge in [0.05, 0.1) is 0 Å². The SMILES string of the molecule is CC(C)NC(C)(CCCCN1CCCC(C)C1C)C(=O)O. The van der Waals surface area contributed by atoms with E-state index in [9.17, 15) is 9.90 Å². The molecule has 3 unspecified atom stereocenters. The fourth-order valence-electron chi connectivity index (χ4n) is 3.41. The summed E-state index contributed by atoms with van der Waals surface area (Å²) in [5.41, 5.74) is -0.797. The van der Waals surface area contributed by atoms with Gasteiger partial charge in [0.25, 0.3) is 0 Å². The molecular formula is C17H34N2O2. The van der Waals surface area contributed by atoms with Crippen molar-refractivity contribution in [2.24, 2.45) is 5.92 Å². The summed E-state index contributed by atoms with van der Waals surface area (Å²) in [6.07, 6.45) is 5.37. The van der Waals surface area contributed by atoms with Gasteiger partial charge in [-0.2, -0.15) is 0 Å². The molecule has 124 valence electrons. The first kappa shape index (κ1) is 18.4. The number of piperidine rings is 1. The summed E-state index contributed by atoms with van der Waals surface area (Å²) in [4.78, 5) is 14.0. The molecule has 0 aromatic heterocycles. The van der Waals surface area contributed by atoms with Crippen LogP contribution in [0, 0.1) is 5.92 Å². The van der Waals surface area contributed by atoms with E-state index in [0.29, 0.717) is 12.5 Å². The van der Waals surface area contributed by atoms with Gasteiger partial charge in [-0.25, -0.2) is 0 Å². The van der Waals surface area contributed by atoms with Gasteiger partial charge in [0.1, 0.15) is 5.54 Å². The summed E-state index contributed by atoms with van der Waals surface area (Å²) in [5, 5.41) is 12.6. The molecule has 4 heteroatoms. The Bertz CT molecular complexity index is 333. The molecule has 1 saturated heterocycles. The lowest BCUT2D eigenvalue weighted by molar-refractivity contribution is -0.144. The Balaban J connectivity index is 2.36. The molecule has 1 aliphatic rings. The van der Waals surface area contributed by atoms with Crippen LogP contribution in [-0.4, -0.2) is 46.7 Å². The van der Waals surface area contributed by atoms with Gasteiger partial charge in [-0.15, -0.1) is 0 Å². The quantitative estimate of drug-likeness (QED) is 0.676. The van der Waals surface area contributed by atoms with Crippen LogP contribution in [0.1, 0.15) is 66.7 Å². The van der Waals surface area contributed by atoms with E-state index in [1.54, 1.807) is 6.92 Å². The Morgan fingerprint density at radius 2 is 2.05 bits per heavy atom. The second-order valence-electron chi connectivity index (χ2n) is 7.29. The lowest BCUT2D eigenvalue weighted by Gasteiger charge is -2.38. The van der Waals surface area contributed by atoms with Crippen molar-refractivity contribution in [1.29, 1.82) is 0 Å². The van der Waals surface area contributed by atoms with Crippen LogP contribution >= 0.6 is 0 Å². The number of aliphatic carboxylic acids is 1. The van der Waals surface area contributed by atoms with Crippen LogP contribution in [0.15, 0.2) is 0 Å². The predicted octanol–water partition coefficient (Wildman–Crippen LogP) is 3.12. The number of nitrogens with one attached hydrogen (secondary N) is 1. The van der Waals surface area contributed by atoms with Gasteiger partial charge >= 0.3 is 5.97 Å². The van der Waals surface area contributed by atoms with Gasteiger partial charge in [-0.3, -0.25) is 10.1 Å². The van der Waals surface area contributed by atoms with Gasteiger partial charge in [-0.05, 0) is 78.8 Å². The molecule has 0 aromatic carbocycles. The van der Waals surface area contributed by atoms with Crippen molar-refractivity contribution in [3.05, 3.63) is 0 Å². The second-order valence-corrected chi connectivity index (χ2v) is 7.29. The van der Waals surface area contributed by atoms with E-state index in [4.69, 9.17) is 0 Å². The minimum atomic E-state index is -0.797. The van der Waals surface area contributed by atoms with E-state index >= 15 is 0 Å². The first-order valence-corrected chi connectivity index (χ1v) is 8.51. The number of hydrogen-bond donors (Lipinski definition) is 2. The molecule has 1 heterocycles. The summed E-state index contributed by atoms with van der Waals surface area (Å²) in [5.74, 6) is 0.0433. The Kier molecular flexibility index (Phi) is 7.14. The minimum Gasteiger partial charge on any atom is -0.480 e. The average molecular weight is 298 g/mol. The van der Waals surface area contributed by atoms with E-state index in [2.05, 4.69) is 24.1 Å². The molecule has 2 N–H and O–H groups in total. The standard InChI is InChI=1S/C17H34N2O2/c1-13(2)18-17(5,16(20)21)10-6-7-11-19-12-8-9-14(3)15(19)4/h13-15,18H,6-12H2,1-5H3,(H,20,21). The van der Waals surface area contributed by atoms with Crippen LogP contribution in [-0.2, 0) is 4.79 Å². The molecule has 3 atom stereocenters. The maximum Gasteiger partial charge on any atom is 0.323 e. The first-order chi connectivity index (χ1) is 9.76. The van der Waals surface area contributed by atoms with Crippen molar-refractivity contribution in [2.75, 3.05) is 13.1 Å². The second kappa shape index (κ2) is 8.14. The van der Waals surface area contributed by atoms with E-state index < -0.39 is 11.5 Å². The summed E-state index contributed by atoms with van der Waals surface area (Å²) < 4.78 is 0. The lowest BCUT2D eigenvalue weighted by atomic mass is 9.91. The molecule has 4 nitrogen and oxygen atoms in total. The highest BCUT2D eigenvalue weighted by Gasteiger charge is 2.33. The number of hydrogen-bond acceptors (Lipinski definition) is 3. The van der Waals surface area contributed by atoms with E-state index in [-0.39, 0.29) is 6.04 Å². The Morgan fingerprint density at radius 3 is 2.62 bits per heavy atom. The van der Waals surface area contributed by atoms with Crippen molar-refractivity contribution in [2.45, 2.75) is 84.3 Å². The fraction of sp³-hybridized carbons (Fsp3) is 0.941. The number of rotatable bonds is 8. The maximum atomic E-state index is 11.5. The summed E-state index contributed by atoms with van der Waals surface area (Å²) in [6, 6.07) is 0.854. The minimum absolute atomic E-state index is 0.189. The van der Waals surface area contributed by atoms with Gasteiger partial charge < -0.3 is 10.0 Å². The van der Waals surface area contributed by atoms with Crippen molar-refractivity contribution in [3.8, 4) is 0 Å². The lowest BCUT2D eigenvalue weighted by Crippen LogP contribution is -2.52. The zero-order valence-electron chi connectivity index (χ0n) is 14.5. The van der Waals surface area contributed by atoms with Crippen LogP contribution in [0.4, 0.5) is 0 Å². The van der Waals surface area contributed by atoms with E-state index in [1.165, 1.54) is 19.4 Å². The summed E-state index contributed by atoms with van der Waals surface area (Å²) in [7, 11) is 0. The van der Waals surface area contributed by atoms with E-state index in [0.717, 1.165) is 25.3 Å². The van der Waals surface area contributed by atoms with Crippen LogP contribution in [0.5, 0.6) is 0 Å². The summed E-state index contributed by atoms with van der Waals surface area (Å²) in [6.45, 7) is 12.8. The number of carboxylic acid groups (broad SMARTS) is 1. The molecule has 1 fully saturated rings. The van der Waals surface area contributed by atoms with Crippen molar-refractivity contribution < 1.29 is 9.90 Å². The topological polar surface area (TPSA) is 52.6 Å². The fourth-order valence-corrected chi connectivity index (χ4v) is 3.41. The highest BCUT2D eigenvalue weighted by molar-refractivity contribution is 5.78. The van der Waals surface area contributed by atoms with Crippen molar-refractivity contribution in [3.63, 3.8) is 0 Å². The first-order valence-electron chi connectivity index (χ1n) is 8.51. The monoisotopic (exact) mass is 298 g/mol. The Labute approximate surface area is 130 Å². The molecule has 0 spiro atoms. The van der Waals surface area contributed by atoms with Gasteiger partial charge in [0.15, 0.2) is 0 Å². The third kappa shape index (κ3) is 5.59.